The van der Waals surface area contributed by atoms with E-state index in [-0.39, 0.29) is 17.5 Å². The molecule has 0 aromatic heterocycles. The van der Waals surface area contributed by atoms with Crippen LogP contribution in [0.25, 0.3) is 0 Å². The summed E-state index contributed by atoms with van der Waals surface area (Å²) in [6.45, 7) is 2.10. The van der Waals surface area contributed by atoms with Gasteiger partial charge in [-0.2, -0.15) is 0 Å². The molecule has 3 N–H and O–H groups in total. The van der Waals surface area contributed by atoms with Gasteiger partial charge in [-0.25, -0.2) is 4.39 Å². The summed E-state index contributed by atoms with van der Waals surface area (Å²) >= 11 is 5.68. The number of carbonyl (C=O) groups is 1. The molecule has 3 nitrogen and oxygen atoms in total. The predicted molar refractivity (Wildman–Crippen MR) is 78.2 cm³/mol. The third-order valence-corrected chi connectivity index (χ3v) is 3.30. The van der Waals surface area contributed by atoms with Crippen molar-refractivity contribution in [3.63, 3.8) is 0 Å². The lowest BCUT2D eigenvalue weighted by Gasteiger charge is -2.09. The minimum Gasteiger partial charge on any atom is -0.398 e. The van der Waals surface area contributed by atoms with Crippen molar-refractivity contribution in [2.45, 2.75) is 13.5 Å². The molecule has 104 valence electrons. The second kappa shape index (κ2) is 5.92. The van der Waals surface area contributed by atoms with E-state index in [1.165, 1.54) is 12.1 Å². The van der Waals surface area contributed by atoms with Crippen LogP contribution in [-0.2, 0) is 6.54 Å². The van der Waals surface area contributed by atoms with Crippen molar-refractivity contribution in [1.29, 1.82) is 0 Å². The molecule has 0 spiro atoms. The van der Waals surface area contributed by atoms with Crippen molar-refractivity contribution in [2.24, 2.45) is 0 Å². The Bertz CT molecular complexity index is 658. The van der Waals surface area contributed by atoms with E-state index in [2.05, 4.69) is 5.32 Å². The number of benzene rings is 2. The molecule has 5 heteroatoms. The van der Waals surface area contributed by atoms with Gasteiger partial charge in [0.2, 0.25) is 0 Å². The van der Waals surface area contributed by atoms with Crippen molar-refractivity contribution in [3.8, 4) is 0 Å². The van der Waals surface area contributed by atoms with Gasteiger partial charge in [-0.05, 0) is 36.2 Å². The third kappa shape index (κ3) is 3.08. The number of nitrogens with one attached hydrogen (secondary N) is 1. The number of hydrogen-bond donors (Lipinski definition) is 2. The Balaban J connectivity index is 2.08. The third-order valence-electron chi connectivity index (χ3n) is 3.01. The van der Waals surface area contributed by atoms with Gasteiger partial charge in [-0.3, -0.25) is 4.79 Å². The first kappa shape index (κ1) is 14.3. The number of anilines is 1. The number of amides is 1. The standard InChI is InChI=1S/C15H14ClFN2O/c1-9-3-2-4-11(14(9)18)15(20)19-8-10-5-6-13(17)12(16)7-10/h2-7H,8,18H2,1H3,(H,19,20). The number of aryl methyl sites for hydroxylation is 1. The minimum absolute atomic E-state index is 0.0341. The number of para-hydroxylation sites is 1. The van der Waals surface area contributed by atoms with E-state index in [9.17, 15) is 9.18 Å². The quantitative estimate of drug-likeness (QED) is 0.853. The highest BCUT2D eigenvalue weighted by Gasteiger charge is 2.10. The molecule has 0 radical (unpaired) electrons. The molecule has 1 amide bonds. The Hall–Kier alpha value is -2.07. The smallest absolute Gasteiger partial charge is 0.253 e. The van der Waals surface area contributed by atoms with E-state index in [0.29, 0.717) is 11.3 Å². The molecule has 0 heterocycles. The van der Waals surface area contributed by atoms with Gasteiger partial charge in [0, 0.05) is 12.2 Å². The van der Waals surface area contributed by atoms with Crippen molar-refractivity contribution in [1.82, 2.24) is 5.32 Å². The zero-order valence-electron chi connectivity index (χ0n) is 10.9. The average molecular weight is 293 g/mol. The Morgan fingerprint density at radius 2 is 2.10 bits per heavy atom. The van der Waals surface area contributed by atoms with E-state index in [0.717, 1.165) is 11.1 Å². The lowest BCUT2D eigenvalue weighted by Crippen LogP contribution is -2.24. The summed E-state index contributed by atoms with van der Waals surface area (Å²) in [5, 5.41) is 2.76. The van der Waals surface area contributed by atoms with E-state index in [4.69, 9.17) is 17.3 Å². The fourth-order valence-corrected chi connectivity index (χ4v) is 2.01. The molecule has 0 atom stereocenters. The first-order valence-electron chi connectivity index (χ1n) is 6.06. The molecular formula is C15H14ClFN2O. The van der Waals surface area contributed by atoms with Crippen molar-refractivity contribution in [2.75, 3.05) is 5.73 Å². The predicted octanol–water partition coefficient (Wildman–Crippen LogP) is 3.30. The minimum atomic E-state index is -0.482. The average Bonchev–Trinajstić information content (AvgIpc) is 2.43. The number of halogens is 2. The molecule has 20 heavy (non-hydrogen) atoms. The van der Waals surface area contributed by atoms with Crippen LogP contribution in [0.2, 0.25) is 5.02 Å². The highest BCUT2D eigenvalue weighted by molar-refractivity contribution is 6.30. The number of rotatable bonds is 3. The van der Waals surface area contributed by atoms with Gasteiger partial charge < -0.3 is 11.1 Å². The molecular weight excluding hydrogens is 279 g/mol. The second-order valence-electron chi connectivity index (χ2n) is 4.47. The summed E-state index contributed by atoms with van der Waals surface area (Å²) < 4.78 is 13.0. The van der Waals surface area contributed by atoms with Crippen LogP contribution < -0.4 is 11.1 Å². The molecule has 0 aliphatic heterocycles. The molecule has 2 aromatic rings. The molecule has 0 bridgehead atoms. The molecule has 0 aliphatic rings. The number of nitrogen functional groups attached to an aromatic ring is 1. The van der Waals surface area contributed by atoms with Crippen LogP contribution in [0.4, 0.5) is 10.1 Å². The Kier molecular flexibility index (Phi) is 4.25. The SMILES string of the molecule is Cc1cccc(C(=O)NCc2ccc(F)c(Cl)c2)c1N. The maximum atomic E-state index is 13.0. The maximum Gasteiger partial charge on any atom is 0.253 e. The summed E-state index contributed by atoms with van der Waals surface area (Å²) in [6.07, 6.45) is 0. The van der Waals surface area contributed by atoms with Crippen molar-refractivity contribution >= 4 is 23.2 Å². The summed E-state index contributed by atoms with van der Waals surface area (Å²) in [4.78, 5) is 12.0. The van der Waals surface area contributed by atoms with Crippen LogP contribution in [0.1, 0.15) is 21.5 Å². The molecule has 0 unspecified atom stereocenters. The monoisotopic (exact) mass is 292 g/mol. The fourth-order valence-electron chi connectivity index (χ4n) is 1.81. The molecule has 0 fully saturated rings. The lowest BCUT2D eigenvalue weighted by atomic mass is 10.1. The number of carbonyl (C=O) groups excluding carboxylic acids is 1. The molecule has 0 saturated heterocycles. The van der Waals surface area contributed by atoms with Crippen LogP contribution in [0.3, 0.4) is 0 Å². The Labute approximate surface area is 121 Å². The first-order valence-corrected chi connectivity index (χ1v) is 6.44. The lowest BCUT2D eigenvalue weighted by molar-refractivity contribution is 0.0951. The maximum absolute atomic E-state index is 13.0. The Morgan fingerprint density at radius 1 is 1.35 bits per heavy atom. The van der Waals surface area contributed by atoms with Gasteiger partial charge in [0.25, 0.3) is 5.91 Å². The highest BCUT2D eigenvalue weighted by Crippen LogP contribution is 2.18. The van der Waals surface area contributed by atoms with Crippen LogP contribution in [0.5, 0.6) is 0 Å². The topological polar surface area (TPSA) is 55.1 Å². The van der Waals surface area contributed by atoms with E-state index >= 15 is 0 Å². The largest absolute Gasteiger partial charge is 0.398 e. The molecule has 0 aliphatic carbocycles. The van der Waals surface area contributed by atoms with Gasteiger partial charge in [-0.15, -0.1) is 0 Å². The summed E-state index contributed by atoms with van der Waals surface area (Å²) in [6, 6.07) is 9.60. The van der Waals surface area contributed by atoms with Gasteiger partial charge in [0.1, 0.15) is 5.82 Å². The molecule has 2 aromatic carbocycles. The molecule has 0 saturated carbocycles. The van der Waals surface area contributed by atoms with E-state index in [1.807, 2.05) is 13.0 Å². The second-order valence-corrected chi connectivity index (χ2v) is 4.87. The van der Waals surface area contributed by atoms with Gasteiger partial charge >= 0.3 is 0 Å². The van der Waals surface area contributed by atoms with E-state index < -0.39 is 5.82 Å². The van der Waals surface area contributed by atoms with Crippen LogP contribution in [0, 0.1) is 12.7 Å². The van der Waals surface area contributed by atoms with Gasteiger partial charge in [-0.1, -0.05) is 29.8 Å². The summed E-state index contributed by atoms with van der Waals surface area (Å²) in [5.74, 6) is -0.753. The first-order chi connectivity index (χ1) is 9.49. The number of hydrogen-bond acceptors (Lipinski definition) is 2. The normalized spacial score (nSPS) is 10.3. The van der Waals surface area contributed by atoms with Gasteiger partial charge in [0.05, 0.1) is 10.6 Å². The summed E-state index contributed by atoms with van der Waals surface area (Å²) in [7, 11) is 0. The van der Waals surface area contributed by atoms with Gasteiger partial charge in [0.15, 0.2) is 0 Å². The van der Waals surface area contributed by atoms with Crippen LogP contribution in [-0.4, -0.2) is 5.91 Å². The zero-order chi connectivity index (χ0) is 14.7. The van der Waals surface area contributed by atoms with Crippen molar-refractivity contribution in [3.05, 3.63) is 63.9 Å². The fraction of sp³-hybridized carbons (Fsp3) is 0.133. The summed E-state index contributed by atoms with van der Waals surface area (Å²) in [5.41, 5.74) is 8.32. The van der Waals surface area contributed by atoms with Crippen molar-refractivity contribution < 1.29 is 9.18 Å². The highest BCUT2D eigenvalue weighted by atomic mass is 35.5. The van der Waals surface area contributed by atoms with E-state index in [1.54, 1.807) is 18.2 Å². The van der Waals surface area contributed by atoms with Crippen LogP contribution in [0.15, 0.2) is 36.4 Å². The number of nitrogens with two attached hydrogens (primary N) is 1. The van der Waals surface area contributed by atoms with Crippen LogP contribution >= 0.6 is 11.6 Å². The molecule has 2 rings (SSSR count). The Morgan fingerprint density at radius 3 is 2.80 bits per heavy atom. The zero-order valence-corrected chi connectivity index (χ0v) is 11.7.